The van der Waals surface area contributed by atoms with E-state index < -0.39 is 5.97 Å². The summed E-state index contributed by atoms with van der Waals surface area (Å²) < 4.78 is 0. The molecule has 2 N–H and O–H groups in total. The molecular weight excluding hydrogens is 383 g/mol. The van der Waals surface area contributed by atoms with E-state index in [4.69, 9.17) is 5.11 Å². The fourth-order valence-corrected chi connectivity index (χ4v) is 7.56. The van der Waals surface area contributed by atoms with Crippen LogP contribution in [0.25, 0.3) is 0 Å². The second-order valence-electron chi connectivity index (χ2n) is 7.80. The van der Waals surface area contributed by atoms with E-state index >= 15 is 0 Å². The molecule has 3 nitrogen and oxygen atoms in total. The van der Waals surface area contributed by atoms with E-state index in [-0.39, 0.29) is 30.3 Å². The summed E-state index contributed by atoms with van der Waals surface area (Å²) in [6, 6.07) is 17.1. The van der Waals surface area contributed by atoms with Crippen molar-refractivity contribution in [1.82, 2.24) is 0 Å². The molecule has 2 heterocycles. The molecule has 2 aliphatic heterocycles. The van der Waals surface area contributed by atoms with Crippen molar-refractivity contribution in [2.24, 2.45) is 23.7 Å². The largest absolute Gasteiger partial charge is 1.00 e. The molecular formula is C22H23LiO3S2. The number of carbonyl (C=O) groups is 1. The van der Waals surface area contributed by atoms with E-state index in [2.05, 4.69) is 43.3 Å². The molecule has 0 aromatic heterocycles. The van der Waals surface area contributed by atoms with E-state index in [1.807, 2.05) is 23.9 Å². The summed E-state index contributed by atoms with van der Waals surface area (Å²) in [4.78, 5) is 13.7. The summed E-state index contributed by atoms with van der Waals surface area (Å²) in [6.45, 7) is 2.39. The Bertz CT molecular complexity index is 874. The number of fused-ring (bicyclic) bond motifs is 6. The summed E-state index contributed by atoms with van der Waals surface area (Å²) in [5, 5.41) is 9.00. The molecule has 4 unspecified atom stereocenters. The summed E-state index contributed by atoms with van der Waals surface area (Å²) in [5.41, 5.74) is 2.87. The van der Waals surface area contributed by atoms with Gasteiger partial charge in [0, 0.05) is 27.2 Å². The van der Waals surface area contributed by atoms with Gasteiger partial charge in [0.1, 0.15) is 0 Å². The van der Waals surface area contributed by atoms with Gasteiger partial charge in [-0.3, -0.25) is 4.79 Å². The minimum absolute atomic E-state index is 0. The van der Waals surface area contributed by atoms with Crippen molar-refractivity contribution in [2.75, 3.05) is 11.5 Å². The molecule has 28 heavy (non-hydrogen) atoms. The number of hydrogen-bond acceptors (Lipinski definition) is 4. The maximum atomic E-state index is 10.9. The normalized spacial score (nSPS) is 32.3. The van der Waals surface area contributed by atoms with E-state index in [0.717, 1.165) is 23.5 Å². The summed E-state index contributed by atoms with van der Waals surface area (Å²) >= 11 is 3.84. The van der Waals surface area contributed by atoms with E-state index in [1.165, 1.54) is 21.1 Å². The van der Waals surface area contributed by atoms with Crippen molar-refractivity contribution >= 4 is 29.5 Å². The third-order valence-corrected chi connectivity index (χ3v) is 8.90. The van der Waals surface area contributed by atoms with Crippen molar-refractivity contribution in [3.05, 3.63) is 59.7 Å². The standard InChI is InChI=1S/C11H10O2S.C11H12S.Li.H2O/c12-11(13)10-7-5-14-8-4-2-1-3-6(8)9(7)10;1-7-9-6-12-10-5-3-2-4-8(10)11(7)9;;/h1-4,7,9-10H,5H2,(H,12,13);2-5,7,9,11H,6H2,1H3;;1H2/q;;+1;/p-1/t7?,9?,10-;7-,9?,11?;;/m11../s1. The minimum atomic E-state index is -0.627. The molecule has 2 aromatic carbocycles. The fraction of sp³-hybridized carbons (Fsp3) is 0.409. The van der Waals surface area contributed by atoms with Crippen LogP contribution < -0.4 is 18.9 Å². The van der Waals surface area contributed by atoms with Crippen LogP contribution in [-0.4, -0.2) is 28.1 Å². The first-order valence-corrected chi connectivity index (χ1v) is 11.3. The van der Waals surface area contributed by atoms with Crippen LogP contribution in [0.3, 0.4) is 0 Å². The Labute approximate surface area is 186 Å². The predicted molar refractivity (Wildman–Crippen MR) is 109 cm³/mol. The number of thioether (sulfide) groups is 2. The van der Waals surface area contributed by atoms with E-state index in [9.17, 15) is 4.79 Å². The Balaban J connectivity index is 0.000000151. The number of rotatable bonds is 1. The van der Waals surface area contributed by atoms with Gasteiger partial charge in [0.25, 0.3) is 0 Å². The molecule has 6 heteroatoms. The number of aliphatic carboxylic acids is 1. The van der Waals surface area contributed by atoms with Gasteiger partial charge < -0.3 is 10.6 Å². The maximum Gasteiger partial charge on any atom is 1.00 e. The zero-order valence-corrected chi connectivity index (χ0v) is 17.7. The predicted octanol–water partition coefficient (Wildman–Crippen LogP) is 2.18. The third kappa shape index (κ3) is 3.68. The van der Waals surface area contributed by atoms with Crippen LogP contribution in [-0.2, 0) is 4.79 Å². The maximum absolute atomic E-state index is 10.9. The fourth-order valence-electron chi connectivity index (χ4n) is 4.80. The molecule has 2 aromatic rings. The topological polar surface area (TPSA) is 67.3 Å². The van der Waals surface area contributed by atoms with Gasteiger partial charge in [-0.25, -0.2) is 0 Å². The van der Waals surface area contributed by atoms with E-state index in [0.29, 0.717) is 11.8 Å². The first-order valence-electron chi connectivity index (χ1n) is 9.33. The first-order chi connectivity index (χ1) is 12.7. The van der Waals surface area contributed by atoms with Gasteiger partial charge in [-0.1, -0.05) is 43.3 Å². The Kier molecular flexibility index (Phi) is 6.64. The van der Waals surface area contributed by atoms with Crippen molar-refractivity contribution in [3.63, 3.8) is 0 Å². The summed E-state index contributed by atoms with van der Waals surface area (Å²) in [7, 11) is 0. The monoisotopic (exact) mass is 406 g/mol. The molecule has 6 atom stereocenters. The average molecular weight is 406 g/mol. The molecule has 0 radical (unpaired) electrons. The van der Waals surface area contributed by atoms with Gasteiger partial charge in [0.15, 0.2) is 0 Å². The molecule has 6 rings (SSSR count). The second-order valence-corrected chi connectivity index (χ2v) is 9.92. The molecule has 2 fully saturated rings. The van der Waals surface area contributed by atoms with Gasteiger partial charge in [-0.2, -0.15) is 0 Å². The summed E-state index contributed by atoms with van der Waals surface area (Å²) in [6.07, 6.45) is 0. The Hall–Kier alpha value is -0.833. The van der Waals surface area contributed by atoms with Crippen LogP contribution in [0, 0.1) is 23.7 Å². The zero-order valence-electron chi connectivity index (χ0n) is 16.1. The Morgan fingerprint density at radius 2 is 1.39 bits per heavy atom. The van der Waals surface area contributed by atoms with Crippen molar-refractivity contribution < 1.29 is 34.2 Å². The van der Waals surface area contributed by atoms with Crippen LogP contribution in [0.1, 0.15) is 29.9 Å². The number of benzene rings is 2. The SMILES string of the molecule is C[C@@H]1C2CSc3ccccc3C21.O=C(O)[C@@H]1C2CSc3ccccc3C21.[Li+].[OH-]. The molecule has 2 aliphatic carbocycles. The van der Waals surface area contributed by atoms with Gasteiger partial charge in [-0.05, 0) is 46.9 Å². The average Bonchev–Trinajstić information content (AvgIpc) is 3.56. The number of carboxylic acid groups (broad SMARTS) is 1. The smallest absolute Gasteiger partial charge is 0.870 e. The number of hydrogen-bond donors (Lipinski definition) is 1. The minimum Gasteiger partial charge on any atom is -0.870 e. The molecule has 0 amide bonds. The van der Waals surface area contributed by atoms with Crippen LogP contribution >= 0.6 is 23.5 Å². The molecule has 142 valence electrons. The van der Waals surface area contributed by atoms with Gasteiger partial charge in [-0.15, -0.1) is 23.5 Å². The van der Waals surface area contributed by atoms with E-state index in [1.54, 1.807) is 17.3 Å². The molecule has 4 aliphatic rings. The third-order valence-electron chi connectivity index (χ3n) is 6.43. The van der Waals surface area contributed by atoms with Gasteiger partial charge in [0.05, 0.1) is 5.92 Å². The first kappa shape index (κ1) is 21.9. The van der Waals surface area contributed by atoms with Gasteiger partial charge in [0.2, 0.25) is 0 Å². The molecule has 2 saturated carbocycles. The van der Waals surface area contributed by atoms with Crippen molar-refractivity contribution in [1.29, 1.82) is 0 Å². The van der Waals surface area contributed by atoms with Crippen molar-refractivity contribution in [2.45, 2.75) is 28.6 Å². The number of carboxylic acids is 1. The molecule has 0 spiro atoms. The Morgan fingerprint density at radius 1 is 0.893 bits per heavy atom. The van der Waals surface area contributed by atoms with Crippen molar-refractivity contribution in [3.8, 4) is 0 Å². The van der Waals surface area contributed by atoms with Gasteiger partial charge >= 0.3 is 24.8 Å². The van der Waals surface area contributed by atoms with Crippen LogP contribution in [0.4, 0.5) is 0 Å². The van der Waals surface area contributed by atoms with Crippen LogP contribution in [0.15, 0.2) is 58.3 Å². The molecule has 0 saturated heterocycles. The van der Waals surface area contributed by atoms with Crippen LogP contribution in [0.5, 0.6) is 0 Å². The second kappa shape index (κ2) is 8.50. The summed E-state index contributed by atoms with van der Waals surface area (Å²) in [5.74, 6) is 5.09. The van der Waals surface area contributed by atoms with Crippen LogP contribution in [0.2, 0.25) is 0 Å². The quantitative estimate of drug-likeness (QED) is 0.736. The molecule has 0 bridgehead atoms. The zero-order chi connectivity index (χ0) is 17.8. The Morgan fingerprint density at radius 3 is 1.96 bits per heavy atom.